The molecule has 0 heterocycles. The Balaban J connectivity index is 2.19. The van der Waals surface area contributed by atoms with Crippen LogP contribution in [0.15, 0.2) is 39.9 Å². The van der Waals surface area contributed by atoms with Crippen LogP contribution >= 0.6 is 39.1 Å². The molecule has 2 aromatic rings. The monoisotopic (exact) mass is 445 g/mol. The summed E-state index contributed by atoms with van der Waals surface area (Å²) in [6.07, 6.45) is 1.43. The minimum Gasteiger partial charge on any atom is -0.493 e. The number of urea groups is 1. The van der Waals surface area contributed by atoms with Crippen LogP contribution < -0.4 is 20.6 Å². The lowest BCUT2D eigenvalue weighted by molar-refractivity contribution is 0.249. The lowest BCUT2D eigenvalue weighted by atomic mass is 10.2. The number of benzene rings is 2. The second-order valence-electron chi connectivity index (χ2n) is 4.79. The van der Waals surface area contributed by atoms with Gasteiger partial charge in [-0.05, 0) is 45.8 Å². The topological polar surface area (TPSA) is 85.9 Å². The predicted octanol–water partition coefficient (Wildman–Crippen LogP) is 4.35. The summed E-state index contributed by atoms with van der Waals surface area (Å²) in [5.41, 5.74) is 8.53. The van der Waals surface area contributed by atoms with Crippen molar-refractivity contribution in [3.8, 4) is 11.5 Å². The number of hydrazone groups is 1. The Bertz CT molecular complexity index is 815. The number of nitrogens with one attached hydrogen (secondary N) is 1. The van der Waals surface area contributed by atoms with Gasteiger partial charge in [0.25, 0.3) is 0 Å². The SMILES string of the molecule is COc1cc(C=NNC(N)=O)cc(Br)c1OCc1ccc(Cl)cc1Cl. The molecule has 0 fully saturated rings. The van der Waals surface area contributed by atoms with Gasteiger partial charge in [-0.1, -0.05) is 29.3 Å². The van der Waals surface area contributed by atoms with Gasteiger partial charge in [-0.3, -0.25) is 0 Å². The molecular weight excluding hydrogens is 433 g/mol. The van der Waals surface area contributed by atoms with Crippen molar-refractivity contribution in [2.75, 3.05) is 7.11 Å². The molecule has 0 radical (unpaired) electrons. The zero-order chi connectivity index (χ0) is 18.4. The van der Waals surface area contributed by atoms with Crippen LogP contribution in [0, 0.1) is 0 Å². The molecule has 0 saturated heterocycles. The highest BCUT2D eigenvalue weighted by Gasteiger charge is 2.12. The summed E-state index contributed by atoms with van der Waals surface area (Å²) in [5, 5.41) is 4.78. The Hall–Kier alpha value is -1.96. The van der Waals surface area contributed by atoms with E-state index < -0.39 is 6.03 Å². The van der Waals surface area contributed by atoms with Crippen LogP contribution in [0.1, 0.15) is 11.1 Å². The number of primary amides is 1. The van der Waals surface area contributed by atoms with Crippen LogP contribution in [0.2, 0.25) is 10.0 Å². The van der Waals surface area contributed by atoms with Gasteiger partial charge in [0.15, 0.2) is 11.5 Å². The molecule has 0 aliphatic carbocycles. The number of carbonyl (C=O) groups is 1. The maximum Gasteiger partial charge on any atom is 0.332 e. The normalized spacial score (nSPS) is 10.7. The molecule has 0 spiro atoms. The fourth-order valence-corrected chi connectivity index (χ4v) is 2.95. The number of halogens is 3. The lowest BCUT2D eigenvalue weighted by Crippen LogP contribution is -2.24. The van der Waals surface area contributed by atoms with Gasteiger partial charge >= 0.3 is 6.03 Å². The van der Waals surface area contributed by atoms with Crippen molar-refractivity contribution >= 4 is 51.4 Å². The van der Waals surface area contributed by atoms with Gasteiger partial charge in [0.2, 0.25) is 0 Å². The van der Waals surface area contributed by atoms with Gasteiger partial charge in [0.1, 0.15) is 6.61 Å². The molecule has 0 saturated carbocycles. The third kappa shape index (κ3) is 5.52. The minimum absolute atomic E-state index is 0.238. The third-order valence-electron chi connectivity index (χ3n) is 3.03. The maximum absolute atomic E-state index is 10.6. The van der Waals surface area contributed by atoms with E-state index in [9.17, 15) is 4.79 Å². The maximum atomic E-state index is 10.6. The fraction of sp³-hybridized carbons (Fsp3) is 0.125. The van der Waals surface area contributed by atoms with Gasteiger partial charge in [-0.2, -0.15) is 5.10 Å². The molecule has 9 heteroatoms. The Morgan fingerprint density at radius 3 is 2.76 bits per heavy atom. The number of ether oxygens (including phenoxy) is 2. The van der Waals surface area contributed by atoms with Crippen molar-refractivity contribution in [1.82, 2.24) is 5.43 Å². The minimum atomic E-state index is -0.748. The number of carbonyl (C=O) groups excluding carboxylic acids is 1. The number of hydrogen-bond donors (Lipinski definition) is 2. The molecular formula is C16H14BrCl2N3O3. The second kappa shape index (κ2) is 8.94. The summed E-state index contributed by atoms with van der Waals surface area (Å²) in [4.78, 5) is 10.6. The fourth-order valence-electron chi connectivity index (χ4n) is 1.91. The zero-order valence-electron chi connectivity index (χ0n) is 13.1. The third-order valence-corrected chi connectivity index (χ3v) is 4.20. The van der Waals surface area contributed by atoms with Crippen LogP contribution in [0.25, 0.3) is 0 Å². The Kier molecular flexibility index (Phi) is 6.92. The summed E-state index contributed by atoms with van der Waals surface area (Å²) in [7, 11) is 1.52. The van der Waals surface area contributed by atoms with Crippen LogP contribution in [0.4, 0.5) is 4.79 Å². The molecule has 0 atom stereocenters. The predicted molar refractivity (Wildman–Crippen MR) is 102 cm³/mol. The smallest absolute Gasteiger partial charge is 0.332 e. The van der Waals surface area contributed by atoms with Crippen molar-refractivity contribution < 1.29 is 14.3 Å². The summed E-state index contributed by atoms with van der Waals surface area (Å²) in [6.45, 7) is 0.238. The summed E-state index contributed by atoms with van der Waals surface area (Å²) in [6, 6.07) is 7.90. The van der Waals surface area contributed by atoms with E-state index in [2.05, 4.69) is 26.5 Å². The summed E-state index contributed by atoms with van der Waals surface area (Å²) < 4.78 is 11.8. The first-order chi connectivity index (χ1) is 11.9. The first kappa shape index (κ1) is 19.4. The van der Waals surface area contributed by atoms with E-state index in [4.69, 9.17) is 38.4 Å². The summed E-state index contributed by atoms with van der Waals surface area (Å²) >= 11 is 15.5. The van der Waals surface area contributed by atoms with Gasteiger partial charge in [0, 0.05) is 15.6 Å². The largest absolute Gasteiger partial charge is 0.493 e. The highest BCUT2D eigenvalue weighted by atomic mass is 79.9. The molecule has 2 amide bonds. The molecule has 2 aromatic carbocycles. The van der Waals surface area contributed by atoms with Crippen molar-refractivity contribution in [3.05, 3.63) is 56.0 Å². The number of methoxy groups -OCH3 is 1. The number of amides is 2. The highest BCUT2D eigenvalue weighted by molar-refractivity contribution is 9.10. The van der Waals surface area contributed by atoms with E-state index in [-0.39, 0.29) is 6.61 Å². The second-order valence-corrected chi connectivity index (χ2v) is 6.49. The number of nitrogens with two attached hydrogens (primary N) is 1. The van der Waals surface area contributed by atoms with Crippen molar-refractivity contribution in [3.63, 3.8) is 0 Å². The van der Waals surface area contributed by atoms with Crippen molar-refractivity contribution in [1.29, 1.82) is 0 Å². The highest BCUT2D eigenvalue weighted by Crippen LogP contribution is 2.37. The van der Waals surface area contributed by atoms with E-state index >= 15 is 0 Å². The molecule has 0 unspecified atom stereocenters. The molecule has 0 aliphatic heterocycles. The number of nitrogens with zero attached hydrogens (tertiary/aromatic N) is 1. The van der Waals surface area contributed by atoms with E-state index in [1.54, 1.807) is 30.3 Å². The summed E-state index contributed by atoms with van der Waals surface area (Å²) in [5.74, 6) is 0.994. The van der Waals surface area contributed by atoms with Crippen LogP contribution in [-0.2, 0) is 6.61 Å². The van der Waals surface area contributed by atoms with Gasteiger partial charge in [-0.25, -0.2) is 10.2 Å². The van der Waals surface area contributed by atoms with Crippen LogP contribution in [-0.4, -0.2) is 19.4 Å². The van der Waals surface area contributed by atoms with E-state index in [1.807, 2.05) is 0 Å². The first-order valence-electron chi connectivity index (χ1n) is 6.93. The molecule has 132 valence electrons. The average Bonchev–Trinajstić information content (AvgIpc) is 2.54. The molecule has 0 aliphatic rings. The van der Waals surface area contributed by atoms with E-state index in [0.717, 1.165) is 5.56 Å². The molecule has 25 heavy (non-hydrogen) atoms. The molecule has 0 bridgehead atoms. The molecule has 3 N–H and O–H groups in total. The van der Waals surface area contributed by atoms with Crippen molar-refractivity contribution in [2.45, 2.75) is 6.61 Å². The Labute approximate surface area is 163 Å². The quantitative estimate of drug-likeness (QED) is 0.510. The molecule has 2 rings (SSSR count). The number of hydrogen-bond acceptors (Lipinski definition) is 4. The van der Waals surface area contributed by atoms with Gasteiger partial charge in [-0.15, -0.1) is 0 Å². The average molecular weight is 447 g/mol. The standard InChI is InChI=1S/C16H14BrCl2N3O3/c1-24-14-5-9(7-21-22-16(20)23)4-12(17)15(14)25-8-10-2-3-11(18)6-13(10)19/h2-7H,8H2,1H3,(H3,20,22,23). The lowest BCUT2D eigenvalue weighted by Gasteiger charge is -2.14. The first-order valence-corrected chi connectivity index (χ1v) is 8.48. The van der Waals surface area contributed by atoms with Crippen LogP contribution in [0.3, 0.4) is 0 Å². The van der Waals surface area contributed by atoms with E-state index in [0.29, 0.717) is 31.6 Å². The zero-order valence-corrected chi connectivity index (χ0v) is 16.2. The number of rotatable bonds is 6. The Morgan fingerprint density at radius 1 is 1.36 bits per heavy atom. The molecule has 6 nitrogen and oxygen atoms in total. The Morgan fingerprint density at radius 2 is 2.12 bits per heavy atom. The van der Waals surface area contributed by atoms with Gasteiger partial charge < -0.3 is 15.2 Å². The molecule has 0 aromatic heterocycles. The van der Waals surface area contributed by atoms with Crippen LogP contribution in [0.5, 0.6) is 11.5 Å². The van der Waals surface area contributed by atoms with E-state index in [1.165, 1.54) is 13.3 Å². The van der Waals surface area contributed by atoms with Crippen molar-refractivity contribution in [2.24, 2.45) is 10.8 Å². The van der Waals surface area contributed by atoms with Gasteiger partial charge in [0.05, 0.1) is 17.8 Å².